The normalized spacial score (nSPS) is 23.5. The van der Waals surface area contributed by atoms with Gasteiger partial charge in [0.15, 0.2) is 28.8 Å². The molecule has 1 N–H and O–H groups in total. The topological polar surface area (TPSA) is 139 Å². The summed E-state index contributed by atoms with van der Waals surface area (Å²) in [7, 11) is 1.44. The molecule has 2 aliphatic rings. The number of rotatable bonds is 10. The summed E-state index contributed by atoms with van der Waals surface area (Å²) in [4.78, 5) is 38.0. The third-order valence-electron chi connectivity index (χ3n) is 6.41. The van der Waals surface area contributed by atoms with Gasteiger partial charge in [-0.25, -0.2) is 14.4 Å². The summed E-state index contributed by atoms with van der Waals surface area (Å²) in [5, 5.41) is 11.0. The Kier molecular flexibility index (Phi) is 8.09. The highest BCUT2D eigenvalue weighted by Crippen LogP contribution is 2.45. The Hall–Kier alpha value is -3.31. The van der Waals surface area contributed by atoms with Gasteiger partial charge in [-0.3, -0.25) is 0 Å². The van der Waals surface area contributed by atoms with Crippen LogP contribution in [0.4, 0.5) is 0 Å². The van der Waals surface area contributed by atoms with E-state index in [1.54, 1.807) is 39.8 Å². The second-order valence-corrected chi connectivity index (χ2v) is 9.71. The van der Waals surface area contributed by atoms with E-state index in [9.17, 15) is 19.5 Å². The lowest BCUT2D eigenvalue weighted by molar-refractivity contribution is -0.194. The maximum atomic E-state index is 13.2. The molecular weight excluding hydrogens is 488 g/mol. The van der Waals surface area contributed by atoms with Crippen LogP contribution in [0.1, 0.15) is 60.1 Å². The van der Waals surface area contributed by atoms with Gasteiger partial charge in [0.1, 0.15) is 12.2 Å². The van der Waals surface area contributed by atoms with Crippen molar-refractivity contribution < 1.29 is 52.6 Å². The average Bonchev–Trinajstić information content (AvgIpc) is 3.19. The fraction of sp³-hybridized carbons (Fsp3) is 0.577. The summed E-state index contributed by atoms with van der Waals surface area (Å²) in [6.45, 7) is 10.8. The minimum absolute atomic E-state index is 0.0268. The van der Waals surface area contributed by atoms with Crippen LogP contribution in [0.3, 0.4) is 0 Å². The van der Waals surface area contributed by atoms with E-state index in [2.05, 4.69) is 0 Å². The summed E-state index contributed by atoms with van der Waals surface area (Å²) in [6.07, 6.45) is -2.56. The quantitative estimate of drug-likeness (QED) is 0.210. The number of aliphatic hydroxyl groups is 1. The summed E-state index contributed by atoms with van der Waals surface area (Å²) < 4.78 is 38.1. The highest BCUT2D eigenvalue weighted by Gasteiger charge is 2.58. The number of ether oxygens (including phenoxy) is 7. The maximum Gasteiger partial charge on any atom is 0.342 e. The van der Waals surface area contributed by atoms with Crippen LogP contribution in [0.15, 0.2) is 23.8 Å². The van der Waals surface area contributed by atoms with Crippen LogP contribution in [0.2, 0.25) is 0 Å². The number of epoxide rings is 1. The van der Waals surface area contributed by atoms with Crippen molar-refractivity contribution in [2.24, 2.45) is 0 Å². The average molecular weight is 523 g/mol. The molecule has 37 heavy (non-hydrogen) atoms. The number of benzene rings is 1. The fourth-order valence-corrected chi connectivity index (χ4v) is 3.60. The van der Waals surface area contributed by atoms with E-state index in [4.69, 9.17) is 33.2 Å². The van der Waals surface area contributed by atoms with Crippen LogP contribution in [-0.4, -0.2) is 66.4 Å². The van der Waals surface area contributed by atoms with Gasteiger partial charge in [-0.1, -0.05) is 5.57 Å². The summed E-state index contributed by atoms with van der Waals surface area (Å²) >= 11 is 0. The molecule has 1 aromatic carbocycles. The molecule has 0 aliphatic carbocycles. The number of carbonyl (C=O) groups is 3. The lowest BCUT2D eigenvalue weighted by Gasteiger charge is -2.31. The van der Waals surface area contributed by atoms with Crippen molar-refractivity contribution >= 4 is 17.9 Å². The van der Waals surface area contributed by atoms with Gasteiger partial charge < -0.3 is 38.3 Å². The second kappa shape index (κ2) is 10.6. The van der Waals surface area contributed by atoms with E-state index >= 15 is 0 Å². The number of hydrogen-bond acceptors (Lipinski definition) is 11. The molecule has 2 heterocycles. The molecule has 1 saturated heterocycles. The molecule has 0 bridgehead atoms. The first kappa shape index (κ1) is 28.3. The van der Waals surface area contributed by atoms with E-state index < -0.39 is 47.4 Å². The van der Waals surface area contributed by atoms with Gasteiger partial charge in [0, 0.05) is 11.6 Å². The number of esters is 3. The molecule has 11 nitrogen and oxygen atoms in total. The van der Waals surface area contributed by atoms with Crippen molar-refractivity contribution in [3.8, 4) is 17.2 Å². The van der Waals surface area contributed by atoms with Gasteiger partial charge in [-0.2, -0.15) is 0 Å². The summed E-state index contributed by atoms with van der Waals surface area (Å²) in [6, 6.07) is 3.12. The second-order valence-electron chi connectivity index (χ2n) is 9.71. The lowest BCUT2D eigenvalue weighted by Crippen LogP contribution is -2.49. The molecule has 0 aromatic heterocycles. The largest absolute Gasteiger partial charge is 0.493 e. The van der Waals surface area contributed by atoms with Crippen LogP contribution in [-0.2, 0) is 33.3 Å². The summed E-state index contributed by atoms with van der Waals surface area (Å²) in [5.74, 6) is -1.41. The van der Waals surface area contributed by atoms with Crippen LogP contribution in [0, 0.1) is 0 Å². The van der Waals surface area contributed by atoms with Gasteiger partial charge >= 0.3 is 17.9 Å². The van der Waals surface area contributed by atoms with Crippen molar-refractivity contribution in [3.05, 3.63) is 29.3 Å². The minimum Gasteiger partial charge on any atom is -0.493 e. The minimum atomic E-state index is -2.23. The van der Waals surface area contributed by atoms with Crippen molar-refractivity contribution in [1.82, 2.24) is 0 Å². The molecule has 1 aromatic rings. The fourth-order valence-electron chi connectivity index (χ4n) is 3.60. The number of fused-ring (bicyclic) bond motifs is 1. The molecule has 6 atom stereocenters. The molecule has 11 heteroatoms. The Morgan fingerprint density at radius 3 is 2.38 bits per heavy atom. The Balaban J connectivity index is 1.89. The smallest absolute Gasteiger partial charge is 0.342 e. The van der Waals surface area contributed by atoms with Crippen LogP contribution in [0.5, 0.6) is 17.2 Å². The zero-order valence-corrected chi connectivity index (χ0v) is 22.3. The first-order valence-electron chi connectivity index (χ1n) is 11.9. The van der Waals surface area contributed by atoms with Gasteiger partial charge in [-0.15, -0.1) is 0 Å². The zero-order chi connectivity index (χ0) is 27.7. The first-order valence-corrected chi connectivity index (χ1v) is 11.9. The van der Waals surface area contributed by atoms with E-state index in [1.807, 2.05) is 0 Å². The Bertz CT molecular complexity index is 1090. The third-order valence-corrected chi connectivity index (χ3v) is 6.41. The SMILES string of the molecule is COc1cc(C(OC(=O)C(C)(O)C(C)OC(=O)C=C(C)C)C(C)OC(=O)C2(C)OC2C)cc2c1OCO2. The first-order chi connectivity index (χ1) is 17.2. The Morgan fingerprint density at radius 2 is 1.81 bits per heavy atom. The number of carbonyl (C=O) groups excluding carboxylic acids is 3. The van der Waals surface area contributed by atoms with Crippen molar-refractivity contribution in [2.75, 3.05) is 13.9 Å². The van der Waals surface area contributed by atoms with Gasteiger partial charge in [0.05, 0.1) is 13.2 Å². The predicted octanol–water partition coefficient (Wildman–Crippen LogP) is 2.77. The summed E-state index contributed by atoms with van der Waals surface area (Å²) in [5.41, 5.74) is -2.29. The van der Waals surface area contributed by atoms with Crippen LogP contribution >= 0.6 is 0 Å². The van der Waals surface area contributed by atoms with Crippen molar-refractivity contribution in [3.63, 3.8) is 0 Å². The van der Waals surface area contributed by atoms with E-state index in [1.165, 1.54) is 34.0 Å². The molecule has 1 fully saturated rings. The molecule has 6 unspecified atom stereocenters. The Labute approximate surface area is 215 Å². The molecule has 204 valence electrons. The maximum absolute atomic E-state index is 13.2. The van der Waals surface area contributed by atoms with E-state index in [0.29, 0.717) is 28.4 Å². The molecule has 3 rings (SSSR count). The van der Waals surface area contributed by atoms with Crippen molar-refractivity contribution in [2.45, 2.75) is 84.1 Å². The lowest BCUT2D eigenvalue weighted by atomic mass is 9.99. The molecule has 2 aliphatic heterocycles. The molecule has 0 spiro atoms. The monoisotopic (exact) mass is 522 g/mol. The van der Waals surface area contributed by atoms with E-state index in [0.717, 1.165) is 0 Å². The highest BCUT2D eigenvalue weighted by atomic mass is 16.7. The van der Waals surface area contributed by atoms with Crippen LogP contribution < -0.4 is 14.2 Å². The highest BCUT2D eigenvalue weighted by molar-refractivity contribution is 5.85. The van der Waals surface area contributed by atoms with Gasteiger partial charge in [0.2, 0.25) is 12.5 Å². The van der Waals surface area contributed by atoms with Gasteiger partial charge in [0.25, 0.3) is 0 Å². The number of allylic oxidation sites excluding steroid dienone is 1. The molecule has 0 radical (unpaired) electrons. The molecular formula is C26H34O11. The van der Waals surface area contributed by atoms with Gasteiger partial charge in [-0.05, 0) is 60.6 Å². The molecule has 0 amide bonds. The predicted molar refractivity (Wildman–Crippen MR) is 128 cm³/mol. The number of methoxy groups -OCH3 is 1. The van der Waals surface area contributed by atoms with Crippen molar-refractivity contribution in [1.29, 1.82) is 0 Å². The zero-order valence-electron chi connectivity index (χ0n) is 22.3. The standard InChI is InChI=1S/C26H34O11/c1-13(2)9-20(27)35-15(4)25(6,30)23(28)36-21(14(3)34-24(29)26(7)16(5)37-26)17-10-18(31-8)22-19(11-17)32-12-33-22/h9-11,14-16,21,30H,12H2,1-8H3. The Morgan fingerprint density at radius 1 is 1.16 bits per heavy atom. The van der Waals surface area contributed by atoms with Crippen LogP contribution in [0.25, 0.3) is 0 Å². The third kappa shape index (κ3) is 5.99. The molecule has 0 saturated carbocycles. The van der Waals surface area contributed by atoms with E-state index in [-0.39, 0.29) is 12.9 Å². The number of hydrogen-bond donors (Lipinski definition) is 1.